The van der Waals surface area contributed by atoms with Crippen molar-refractivity contribution >= 4 is 28.4 Å². The standard InChI is InChI=1S/C16H17ClN2O2/c1-10-11(6-7-21-10)9-18-16(20)13-8-15(17)19-14-5-3-2-4-12(13)14/h2-5,8,10-11H,6-7,9H2,1H3,(H,18,20). The summed E-state index contributed by atoms with van der Waals surface area (Å²) in [6, 6.07) is 9.13. The molecule has 2 heterocycles. The molecule has 2 unspecified atom stereocenters. The van der Waals surface area contributed by atoms with Gasteiger partial charge in [0.2, 0.25) is 0 Å². The van der Waals surface area contributed by atoms with E-state index in [1.165, 1.54) is 0 Å². The van der Waals surface area contributed by atoms with Crippen molar-refractivity contribution in [2.75, 3.05) is 13.2 Å². The predicted molar refractivity (Wildman–Crippen MR) is 82.6 cm³/mol. The number of fused-ring (bicyclic) bond motifs is 1. The number of benzene rings is 1. The molecule has 0 saturated carbocycles. The molecule has 1 fully saturated rings. The molecule has 5 heteroatoms. The van der Waals surface area contributed by atoms with Crippen LogP contribution in [-0.4, -0.2) is 30.1 Å². The average molecular weight is 305 g/mol. The number of ether oxygens (including phenoxy) is 1. The number of amides is 1. The maximum Gasteiger partial charge on any atom is 0.252 e. The fraction of sp³-hybridized carbons (Fsp3) is 0.375. The van der Waals surface area contributed by atoms with Gasteiger partial charge < -0.3 is 10.1 Å². The molecular weight excluding hydrogens is 288 g/mol. The first kappa shape index (κ1) is 14.3. The number of aromatic nitrogens is 1. The van der Waals surface area contributed by atoms with Crippen molar-refractivity contribution in [3.05, 3.63) is 41.0 Å². The van der Waals surface area contributed by atoms with Crippen molar-refractivity contribution < 1.29 is 9.53 Å². The zero-order chi connectivity index (χ0) is 14.8. The minimum Gasteiger partial charge on any atom is -0.378 e. The third-order valence-electron chi connectivity index (χ3n) is 3.99. The van der Waals surface area contributed by atoms with Gasteiger partial charge in [0, 0.05) is 24.5 Å². The van der Waals surface area contributed by atoms with Gasteiger partial charge >= 0.3 is 0 Å². The largest absolute Gasteiger partial charge is 0.378 e. The maximum absolute atomic E-state index is 12.4. The van der Waals surface area contributed by atoms with Gasteiger partial charge in [-0.15, -0.1) is 0 Å². The SMILES string of the molecule is CC1OCCC1CNC(=O)c1cc(Cl)nc2ccccc12. The summed E-state index contributed by atoms with van der Waals surface area (Å²) in [5.41, 5.74) is 1.30. The van der Waals surface area contributed by atoms with Gasteiger partial charge in [0.1, 0.15) is 5.15 Å². The third kappa shape index (κ3) is 3.01. The van der Waals surface area contributed by atoms with Crippen LogP contribution in [0.5, 0.6) is 0 Å². The Balaban J connectivity index is 1.81. The molecule has 0 aliphatic carbocycles. The third-order valence-corrected chi connectivity index (χ3v) is 4.18. The molecule has 1 aromatic heterocycles. The Morgan fingerprint density at radius 1 is 1.48 bits per heavy atom. The Kier molecular flexibility index (Phi) is 4.08. The van der Waals surface area contributed by atoms with E-state index in [-0.39, 0.29) is 12.0 Å². The van der Waals surface area contributed by atoms with E-state index in [1.54, 1.807) is 6.07 Å². The molecule has 3 rings (SSSR count). The first-order valence-electron chi connectivity index (χ1n) is 7.10. The fourth-order valence-corrected chi connectivity index (χ4v) is 2.89. The van der Waals surface area contributed by atoms with E-state index in [4.69, 9.17) is 16.3 Å². The first-order chi connectivity index (χ1) is 10.1. The van der Waals surface area contributed by atoms with Gasteiger partial charge in [0.05, 0.1) is 17.2 Å². The molecule has 1 amide bonds. The first-order valence-corrected chi connectivity index (χ1v) is 7.48. The Labute approximate surface area is 128 Å². The number of nitrogens with one attached hydrogen (secondary N) is 1. The molecule has 21 heavy (non-hydrogen) atoms. The smallest absolute Gasteiger partial charge is 0.252 e. The molecule has 0 bridgehead atoms. The minimum absolute atomic E-state index is 0.116. The topological polar surface area (TPSA) is 51.2 Å². The van der Waals surface area contributed by atoms with Gasteiger partial charge in [0.25, 0.3) is 5.91 Å². The number of hydrogen-bond acceptors (Lipinski definition) is 3. The lowest BCUT2D eigenvalue weighted by atomic mass is 10.0. The van der Waals surface area contributed by atoms with Gasteiger partial charge in [0.15, 0.2) is 0 Å². The summed E-state index contributed by atoms with van der Waals surface area (Å²) in [4.78, 5) is 16.7. The molecule has 110 valence electrons. The summed E-state index contributed by atoms with van der Waals surface area (Å²) in [7, 11) is 0. The summed E-state index contributed by atoms with van der Waals surface area (Å²) < 4.78 is 5.51. The molecular formula is C16H17ClN2O2. The number of pyridine rings is 1. The molecule has 2 aromatic rings. The molecule has 1 aliphatic rings. The van der Waals surface area contributed by atoms with Crippen LogP contribution in [0.15, 0.2) is 30.3 Å². The van der Waals surface area contributed by atoms with Crippen molar-refractivity contribution in [1.82, 2.24) is 10.3 Å². The summed E-state index contributed by atoms with van der Waals surface area (Å²) in [5.74, 6) is 0.257. The van der Waals surface area contributed by atoms with Crippen LogP contribution in [0, 0.1) is 5.92 Å². The van der Waals surface area contributed by atoms with E-state index >= 15 is 0 Å². The lowest BCUT2D eigenvalue weighted by Crippen LogP contribution is -2.32. The Morgan fingerprint density at radius 2 is 2.29 bits per heavy atom. The molecule has 1 N–H and O–H groups in total. The highest BCUT2D eigenvalue weighted by Crippen LogP contribution is 2.22. The molecule has 0 radical (unpaired) electrons. The van der Waals surface area contributed by atoms with Gasteiger partial charge in [-0.1, -0.05) is 29.8 Å². The summed E-state index contributed by atoms with van der Waals surface area (Å²) in [5, 5.41) is 4.13. The Hall–Kier alpha value is -1.65. The highest BCUT2D eigenvalue weighted by atomic mass is 35.5. The lowest BCUT2D eigenvalue weighted by molar-refractivity contribution is 0.0908. The van der Waals surface area contributed by atoms with Crippen molar-refractivity contribution in [2.45, 2.75) is 19.4 Å². The Bertz CT molecular complexity index is 674. The lowest BCUT2D eigenvalue weighted by Gasteiger charge is -2.15. The van der Waals surface area contributed by atoms with E-state index in [0.29, 0.717) is 23.2 Å². The molecule has 1 aromatic carbocycles. The number of carbonyl (C=O) groups is 1. The second-order valence-corrected chi connectivity index (χ2v) is 5.73. The normalized spacial score (nSPS) is 21.6. The minimum atomic E-state index is -0.116. The van der Waals surface area contributed by atoms with Crippen molar-refractivity contribution in [3.8, 4) is 0 Å². The fourth-order valence-electron chi connectivity index (χ4n) is 2.69. The van der Waals surface area contributed by atoms with Crippen LogP contribution in [0.4, 0.5) is 0 Å². The molecule has 2 atom stereocenters. The number of para-hydroxylation sites is 1. The zero-order valence-corrected chi connectivity index (χ0v) is 12.6. The highest BCUT2D eigenvalue weighted by molar-refractivity contribution is 6.30. The highest BCUT2D eigenvalue weighted by Gasteiger charge is 2.24. The summed E-state index contributed by atoms with van der Waals surface area (Å²) in [6.07, 6.45) is 1.18. The monoisotopic (exact) mass is 304 g/mol. The maximum atomic E-state index is 12.4. The molecule has 0 spiro atoms. The van der Waals surface area contributed by atoms with Crippen LogP contribution in [0.1, 0.15) is 23.7 Å². The van der Waals surface area contributed by atoms with E-state index < -0.39 is 0 Å². The van der Waals surface area contributed by atoms with Crippen LogP contribution in [-0.2, 0) is 4.74 Å². The Morgan fingerprint density at radius 3 is 3.05 bits per heavy atom. The van der Waals surface area contributed by atoms with Crippen LogP contribution < -0.4 is 5.32 Å². The number of rotatable bonds is 3. The van der Waals surface area contributed by atoms with Crippen LogP contribution >= 0.6 is 11.6 Å². The second-order valence-electron chi connectivity index (χ2n) is 5.34. The second kappa shape index (κ2) is 6.00. The van der Waals surface area contributed by atoms with Crippen LogP contribution in [0.3, 0.4) is 0 Å². The van der Waals surface area contributed by atoms with Gasteiger partial charge in [-0.2, -0.15) is 0 Å². The van der Waals surface area contributed by atoms with Gasteiger partial charge in [-0.05, 0) is 25.5 Å². The van der Waals surface area contributed by atoms with Crippen molar-refractivity contribution in [2.24, 2.45) is 5.92 Å². The number of hydrogen-bond donors (Lipinski definition) is 1. The summed E-state index contributed by atoms with van der Waals surface area (Å²) in [6.45, 7) is 3.43. The van der Waals surface area contributed by atoms with Crippen LogP contribution in [0.2, 0.25) is 5.15 Å². The molecule has 1 aliphatic heterocycles. The van der Waals surface area contributed by atoms with Crippen molar-refractivity contribution in [1.29, 1.82) is 0 Å². The predicted octanol–water partition coefficient (Wildman–Crippen LogP) is 3.04. The van der Waals surface area contributed by atoms with Gasteiger partial charge in [-0.25, -0.2) is 4.98 Å². The van der Waals surface area contributed by atoms with E-state index in [0.717, 1.165) is 23.9 Å². The number of carbonyl (C=O) groups excluding carboxylic acids is 1. The molecule has 4 nitrogen and oxygen atoms in total. The van der Waals surface area contributed by atoms with E-state index in [9.17, 15) is 4.79 Å². The van der Waals surface area contributed by atoms with Crippen LogP contribution in [0.25, 0.3) is 10.9 Å². The number of halogens is 1. The van der Waals surface area contributed by atoms with E-state index in [1.807, 2.05) is 31.2 Å². The quantitative estimate of drug-likeness (QED) is 0.887. The summed E-state index contributed by atoms with van der Waals surface area (Å²) >= 11 is 6.01. The number of nitrogens with zero attached hydrogens (tertiary/aromatic N) is 1. The molecule has 1 saturated heterocycles. The van der Waals surface area contributed by atoms with E-state index in [2.05, 4.69) is 10.3 Å². The van der Waals surface area contributed by atoms with Crippen molar-refractivity contribution in [3.63, 3.8) is 0 Å². The average Bonchev–Trinajstić information content (AvgIpc) is 2.89. The zero-order valence-electron chi connectivity index (χ0n) is 11.8. The van der Waals surface area contributed by atoms with Gasteiger partial charge in [-0.3, -0.25) is 4.79 Å².